The van der Waals surface area contributed by atoms with Gasteiger partial charge in [0.1, 0.15) is 0 Å². The van der Waals surface area contributed by atoms with E-state index >= 15 is 0 Å². The second-order valence-electron chi connectivity index (χ2n) is 4.92. The topological polar surface area (TPSA) is 31.4 Å². The minimum absolute atomic E-state index is 0.241. The zero-order chi connectivity index (χ0) is 12.3. The Labute approximate surface area is 106 Å². The van der Waals surface area contributed by atoms with Crippen LogP contribution in [-0.4, -0.2) is 17.8 Å². The minimum Gasteiger partial charge on any atom is -0.344 e. The van der Waals surface area contributed by atoms with Crippen LogP contribution in [0.3, 0.4) is 0 Å². The number of hydrogen-bond donors (Lipinski definition) is 1. The molecule has 2 aromatic rings. The molecule has 4 nitrogen and oxygen atoms in total. The Hall–Kier alpha value is -2.23. The highest BCUT2D eigenvalue weighted by Gasteiger charge is 2.50. The molecular weight excluding hydrogens is 224 g/mol. The van der Waals surface area contributed by atoms with Crippen molar-refractivity contribution < 1.29 is 0 Å². The van der Waals surface area contributed by atoms with Crippen molar-refractivity contribution in [2.75, 3.05) is 22.2 Å². The van der Waals surface area contributed by atoms with Crippen LogP contribution in [0.4, 0.5) is 22.7 Å². The molecular formula is C14H14N4. The molecule has 1 aromatic heterocycles. The zero-order valence-corrected chi connectivity index (χ0v) is 10.4. The van der Waals surface area contributed by atoms with E-state index in [9.17, 15) is 0 Å². The first-order valence-electron chi connectivity index (χ1n) is 6.07. The first kappa shape index (κ1) is 9.76. The van der Waals surface area contributed by atoms with E-state index in [0.29, 0.717) is 0 Å². The van der Waals surface area contributed by atoms with Crippen molar-refractivity contribution in [2.45, 2.75) is 12.7 Å². The molecule has 90 valence electrons. The highest BCUT2D eigenvalue weighted by Crippen LogP contribution is 2.54. The summed E-state index contributed by atoms with van der Waals surface area (Å²) in [5, 5.41) is 3.59. The van der Waals surface area contributed by atoms with Crippen molar-refractivity contribution >= 4 is 22.7 Å². The monoisotopic (exact) mass is 238 g/mol. The standard InChI is InChI=1S/C14H14N4/c1-14-16-10-5-3-4-6-11(10)18(14)13-9-15-8-7-12(13)17(14)2/h3-9,16H,1-2H3. The van der Waals surface area contributed by atoms with Gasteiger partial charge in [0, 0.05) is 13.2 Å². The molecule has 0 radical (unpaired) electrons. The third kappa shape index (κ3) is 0.944. The predicted octanol–water partition coefficient (Wildman–Crippen LogP) is 2.77. The van der Waals surface area contributed by atoms with Gasteiger partial charge in [-0.2, -0.15) is 0 Å². The SMILES string of the molecule is CN1c2ccncc2N2c3ccccc3NC12C. The first-order valence-corrected chi connectivity index (χ1v) is 6.07. The van der Waals surface area contributed by atoms with Crippen LogP contribution in [0.25, 0.3) is 0 Å². The van der Waals surface area contributed by atoms with Gasteiger partial charge in [0.2, 0.25) is 0 Å². The summed E-state index contributed by atoms with van der Waals surface area (Å²) in [6, 6.07) is 10.4. The van der Waals surface area contributed by atoms with Crippen LogP contribution in [0.2, 0.25) is 0 Å². The number of pyridine rings is 1. The van der Waals surface area contributed by atoms with Crippen LogP contribution < -0.4 is 15.1 Å². The van der Waals surface area contributed by atoms with Gasteiger partial charge in [-0.1, -0.05) is 12.1 Å². The van der Waals surface area contributed by atoms with Gasteiger partial charge in [0.15, 0.2) is 5.79 Å². The Bertz CT molecular complexity index is 639. The van der Waals surface area contributed by atoms with Crippen LogP contribution in [0.5, 0.6) is 0 Å². The summed E-state index contributed by atoms with van der Waals surface area (Å²) in [7, 11) is 2.11. The highest BCUT2D eigenvalue weighted by molar-refractivity contribution is 5.94. The van der Waals surface area contributed by atoms with Gasteiger partial charge in [0.25, 0.3) is 0 Å². The third-order valence-electron chi connectivity index (χ3n) is 3.98. The van der Waals surface area contributed by atoms with Gasteiger partial charge in [-0.15, -0.1) is 0 Å². The Morgan fingerprint density at radius 3 is 2.83 bits per heavy atom. The number of benzene rings is 1. The normalized spacial score (nSPS) is 23.4. The molecule has 1 atom stereocenters. The maximum atomic E-state index is 4.26. The second kappa shape index (κ2) is 2.96. The summed E-state index contributed by atoms with van der Waals surface area (Å²) in [4.78, 5) is 8.82. The average Bonchev–Trinajstić information content (AvgIpc) is 2.81. The Kier molecular flexibility index (Phi) is 1.60. The summed E-state index contributed by atoms with van der Waals surface area (Å²) in [6.07, 6.45) is 3.77. The van der Waals surface area contributed by atoms with Crippen LogP contribution in [-0.2, 0) is 0 Å². The predicted molar refractivity (Wildman–Crippen MR) is 73.2 cm³/mol. The van der Waals surface area contributed by atoms with E-state index in [1.807, 2.05) is 12.4 Å². The quantitative estimate of drug-likeness (QED) is 0.764. The van der Waals surface area contributed by atoms with Crippen molar-refractivity contribution in [3.8, 4) is 0 Å². The lowest BCUT2D eigenvalue weighted by Gasteiger charge is -2.36. The molecule has 4 heteroatoms. The first-order chi connectivity index (χ1) is 8.72. The van der Waals surface area contributed by atoms with Crippen molar-refractivity contribution in [1.82, 2.24) is 4.98 Å². The van der Waals surface area contributed by atoms with Crippen molar-refractivity contribution in [3.05, 3.63) is 42.7 Å². The summed E-state index contributed by atoms with van der Waals surface area (Å²) in [6.45, 7) is 2.19. The molecule has 1 aromatic carbocycles. The summed E-state index contributed by atoms with van der Waals surface area (Å²) < 4.78 is 0. The fourth-order valence-corrected chi connectivity index (χ4v) is 2.99. The molecule has 0 amide bonds. The second-order valence-corrected chi connectivity index (χ2v) is 4.92. The fraction of sp³-hybridized carbons (Fsp3) is 0.214. The smallest absolute Gasteiger partial charge is 0.191 e. The number of hydrogen-bond acceptors (Lipinski definition) is 4. The Balaban J connectivity index is 2.01. The lowest BCUT2D eigenvalue weighted by molar-refractivity contribution is 0.557. The molecule has 18 heavy (non-hydrogen) atoms. The van der Waals surface area contributed by atoms with E-state index in [1.54, 1.807) is 0 Å². The zero-order valence-electron chi connectivity index (χ0n) is 10.4. The molecule has 4 rings (SSSR count). The highest BCUT2D eigenvalue weighted by atomic mass is 15.6. The molecule has 0 aliphatic carbocycles. The van der Waals surface area contributed by atoms with Crippen LogP contribution in [0, 0.1) is 0 Å². The number of fused-ring (bicyclic) bond motifs is 5. The molecule has 3 heterocycles. The van der Waals surface area contributed by atoms with E-state index in [2.05, 4.69) is 64.4 Å². The van der Waals surface area contributed by atoms with Crippen molar-refractivity contribution in [3.63, 3.8) is 0 Å². The minimum atomic E-state index is -0.241. The largest absolute Gasteiger partial charge is 0.344 e. The lowest BCUT2D eigenvalue weighted by atomic mass is 10.2. The van der Waals surface area contributed by atoms with Crippen molar-refractivity contribution in [2.24, 2.45) is 0 Å². The molecule has 2 aliphatic rings. The molecule has 1 N–H and O–H groups in total. The summed E-state index contributed by atoms with van der Waals surface area (Å²) in [5.74, 6) is -0.241. The van der Waals surface area contributed by atoms with E-state index in [-0.39, 0.29) is 5.79 Å². The van der Waals surface area contributed by atoms with Gasteiger partial charge in [-0.05, 0) is 25.1 Å². The number of nitrogens with one attached hydrogen (secondary N) is 1. The van der Waals surface area contributed by atoms with Crippen LogP contribution in [0.1, 0.15) is 6.92 Å². The number of aromatic nitrogens is 1. The molecule has 1 unspecified atom stereocenters. The number of rotatable bonds is 0. The van der Waals surface area contributed by atoms with E-state index in [0.717, 1.165) is 5.69 Å². The molecule has 0 saturated heterocycles. The van der Waals surface area contributed by atoms with Gasteiger partial charge < -0.3 is 10.2 Å². The van der Waals surface area contributed by atoms with Gasteiger partial charge in [0.05, 0.1) is 28.9 Å². The average molecular weight is 238 g/mol. The van der Waals surface area contributed by atoms with Crippen LogP contribution >= 0.6 is 0 Å². The number of anilines is 4. The van der Waals surface area contributed by atoms with Gasteiger partial charge in [-0.3, -0.25) is 9.88 Å². The fourth-order valence-electron chi connectivity index (χ4n) is 2.99. The molecule has 0 bridgehead atoms. The maximum Gasteiger partial charge on any atom is 0.191 e. The summed E-state index contributed by atoms with van der Waals surface area (Å²) >= 11 is 0. The van der Waals surface area contributed by atoms with Gasteiger partial charge in [-0.25, -0.2) is 0 Å². The van der Waals surface area contributed by atoms with Gasteiger partial charge >= 0.3 is 0 Å². The van der Waals surface area contributed by atoms with E-state index < -0.39 is 0 Å². The number of nitrogens with zero attached hydrogens (tertiary/aromatic N) is 3. The van der Waals surface area contributed by atoms with E-state index in [1.165, 1.54) is 17.1 Å². The van der Waals surface area contributed by atoms with Crippen molar-refractivity contribution in [1.29, 1.82) is 0 Å². The Morgan fingerprint density at radius 2 is 1.94 bits per heavy atom. The lowest BCUT2D eigenvalue weighted by Crippen LogP contribution is -2.53. The third-order valence-corrected chi connectivity index (χ3v) is 3.98. The molecule has 0 fully saturated rings. The maximum absolute atomic E-state index is 4.26. The molecule has 0 spiro atoms. The number of para-hydroxylation sites is 2. The molecule has 2 aliphatic heterocycles. The molecule has 0 saturated carbocycles. The van der Waals surface area contributed by atoms with E-state index in [4.69, 9.17) is 0 Å². The summed E-state index contributed by atoms with van der Waals surface area (Å²) in [5.41, 5.74) is 4.73. The van der Waals surface area contributed by atoms with Crippen LogP contribution in [0.15, 0.2) is 42.7 Å². The Morgan fingerprint density at radius 1 is 1.11 bits per heavy atom.